The Hall–Kier alpha value is -2.90. The summed E-state index contributed by atoms with van der Waals surface area (Å²) in [5.41, 5.74) is 8.76. The van der Waals surface area contributed by atoms with Crippen molar-refractivity contribution in [2.24, 2.45) is 5.73 Å². The van der Waals surface area contributed by atoms with E-state index < -0.39 is 12.0 Å². The van der Waals surface area contributed by atoms with Crippen LogP contribution in [0.2, 0.25) is 0 Å². The number of ether oxygens (including phenoxy) is 1. The first-order valence-electron chi connectivity index (χ1n) is 8.49. The lowest BCUT2D eigenvalue weighted by molar-refractivity contribution is -0.140. The standard InChI is InChI=1S/C20H23N3O4.ClH/c1-13-3-5-14(6-4-13)18(21)20(26)23-16-9-7-15(8-10-16)19(25)22-12-11-17(24)27-2;/h3-10,18H,11-12,21H2,1-2H3,(H,22,25)(H,23,26);1H. The smallest absolute Gasteiger partial charge is 0.307 e. The third kappa shape index (κ3) is 6.68. The number of nitrogens with one attached hydrogen (secondary N) is 2. The number of nitrogens with two attached hydrogens (primary N) is 1. The van der Waals surface area contributed by atoms with Gasteiger partial charge in [-0.3, -0.25) is 14.4 Å². The van der Waals surface area contributed by atoms with Gasteiger partial charge < -0.3 is 21.1 Å². The van der Waals surface area contributed by atoms with E-state index >= 15 is 0 Å². The Bertz CT molecular complexity index is 807. The zero-order valence-corrected chi connectivity index (χ0v) is 16.5. The first-order valence-corrected chi connectivity index (χ1v) is 8.49. The van der Waals surface area contributed by atoms with E-state index in [-0.39, 0.29) is 37.2 Å². The van der Waals surface area contributed by atoms with Crippen LogP contribution in [0.15, 0.2) is 48.5 Å². The molecule has 0 radical (unpaired) electrons. The van der Waals surface area contributed by atoms with Gasteiger partial charge in [0, 0.05) is 17.8 Å². The van der Waals surface area contributed by atoms with Crippen molar-refractivity contribution in [2.45, 2.75) is 19.4 Å². The number of aryl methyl sites for hydroxylation is 1. The highest BCUT2D eigenvalue weighted by Crippen LogP contribution is 2.15. The summed E-state index contributed by atoms with van der Waals surface area (Å²) >= 11 is 0. The lowest BCUT2D eigenvalue weighted by atomic mass is 10.1. The molecule has 0 aliphatic carbocycles. The summed E-state index contributed by atoms with van der Waals surface area (Å²) in [5, 5.41) is 5.35. The zero-order valence-electron chi connectivity index (χ0n) is 15.7. The maximum Gasteiger partial charge on any atom is 0.307 e. The highest BCUT2D eigenvalue weighted by atomic mass is 35.5. The molecule has 1 atom stereocenters. The highest BCUT2D eigenvalue weighted by molar-refractivity contribution is 5.97. The lowest BCUT2D eigenvalue weighted by Crippen LogP contribution is -2.28. The lowest BCUT2D eigenvalue weighted by Gasteiger charge is -2.13. The normalized spacial score (nSPS) is 11.0. The Balaban J connectivity index is 0.00000392. The Kier molecular flexibility index (Phi) is 9.14. The number of esters is 1. The fourth-order valence-electron chi connectivity index (χ4n) is 2.33. The quantitative estimate of drug-likeness (QED) is 0.612. The number of carbonyl (C=O) groups is 3. The summed E-state index contributed by atoms with van der Waals surface area (Å²) in [6.45, 7) is 2.15. The van der Waals surface area contributed by atoms with Crippen LogP contribution < -0.4 is 16.4 Å². The van der Waals surface area contributed by atoms with Crippen molar-refractivity contribution in [2.75, 3.05) is 19.0 Å². The first-order chi connectivity index (χ1) is 12.9. The van der Waals surface area contributed by atoms with Crippen LogP contribution in [0, 0.1) is 6.92 Å². The van der Waals surface area contributed by atoms with Crippen LogP contribution in [0.3, 0.4) is 0 Å². The second-order valence-electron chi connectivity index (χ2n) is 6.04. The number of benzene rings is 2. The van der Waals surface area contributed by atoms with Crippen molar-refractivity contribution < 1.29 is 19.1 Å². The molecule has 0 aromatic heterocycles. The van der Waals surface area contributed by atoms with Gasteiger partial charge in [-0.05, 0) is 36.8 Å². The molecular formula is C20H24ClN3O4. The van der Waals surface area contributed by atoms with E-state index in [0.29, 0.717) is 11.3 Å². The number of amides is 2. The van der Waals surface area contributed by atoms with Crippen molar-refractivity contribution in [3.63, 3.8) is 0 Å². The Labute approximate surface area is 170 Å². The van der Waals surface area contributed by atoms with Crippen molar-refractivity contribution >= 4 is 35.9 Å². The second kappa shape index (κ2) is 11.1. The number of hydrogen-bond donors (Lipinski definition) is 3. The maximum absolute atomic E-state index is 12.3. The number of rotatable bonds is 7. The van der Waals surface area contributed by atoms with Gasteiger partial charge in [0.25, 0.3) is 5.91 Å². The molecule has 0 bridgehead atoms. The van der Waals surface area contributed by atoms with Gasteiger partial charge in [0.05, 0.1) is 13.5 Å². The van der Waals surface area contributed by atoms with Gasteiger partial charge >= 0.3 is 5.97 Å². The number of hydrogen-bond acceptors (Lipinski definition) is 5. The van der Waals surface area contributed by atoms with Gasteiger partial charge in [-0.1, -0.05) is 29.8 Å². The van der Waals surface area contributed by atoms with Gasteiger partial charge in [0.15, 0.2) is 0 Å². The molecule has 8 heteroatoms. The van der Waals surface area contributed by atoms with Crippen LogP contribution in [-0.4, -0.2) is 31.4 Å². The molecule has 2 rings (SSSR count). The minimum absolute atomic E-state index is 0. The predicted octanol–water partition coefficient (Wildman–Crippen LogP) is 2.35. The Morgan fingerprint density at radius 3 is 2.21 bits per heavy atom. The summed E-state index contributed by atoms with van der Waals surface area (Å²) < 4.78 is 4.51. The van der Waals surface area contributed by atoms with E-state index in [1.807, 2.05) is 31.2 Å². The van der Waals surface area contributed by atoms with Crippen LogP contribution in [0.25, 0.3) is 0 Å². The molecule has 0 aliphatic heterocycles. The van der Waals surface area contributed by atoms with Crippen molar-refractivity contribution in [3.05, 3.63) is 65.2 Å². The average molecular weight is 406 g/mol. The molecule has 2 aromatic rings. The van der Waals surface area contributed by atoms with Crippen molar-refractivity contribution in [1.82, 2.24) is 5.32 Å². The van der Waals surface area contributed by atoms with Crippen LogP contribution in [0.5, 0.6) is 0 Å². The van der Waals surface area contributed by atoms with Gasteiger partial charge in [-0.15, -0.1) is 12.4 Å². The highest BCUT2D eigenvalue weighted by Gasteiger charge is 2.16. The predicted molar refractivity (Wildman–Crippen MR) is 109 cm³/mol. The molecule has 4 N–H and O–H groups in total. The number of halogens is 1. The van der Waals surface area contributed by atoms with Gasteiger partial charge in [-0.25, -0.2) is 0 Å². The Morgan fingerprint density at radius 2 is 1.64 bits per heavy atom. The van der Waals surface area contributed by atoms with E-state index in [2.05, 4.69) is 15.4 Å². The van der Waals surface area contributed by atoms with Crippen LogP contribution in [0.4, 0.5) is 5.69 Å². The van der Waals surface area contributed by atoms with E-state index in [1.165, 1.54) is 7.11 Å². The molecule has 2 aromatic carbocycles. The second-order valence-corrected chi connectivity index (χ2v) is 6.04. The molecular weight excluding hydrogens is 382 g/mol. The minimum atomic E-state index is -0.785. The minimum Gasteiger partial charge on any atom is -0.469 e. The molecule has 0 saturated carbocycles. The van der Waals surface area contributed by atoms with Crippen LogP contribution in [-0.2, 0) is 14.3 Å². The van der Waals surface area contributed by atoms with Gasteiger partial charge in [0.2, 0.25) is 5.91 Å². The van der Waals surface area contributed by atoms with E-state index in [0.717, 1.165) is 11.1 Å². The molecule has 0 fully saturated rings. The van der Waals surface area contributed by atoms with Crippen LogP contribution in [0.1, 0.15) is 33.9 Å². The fraction of sp³-hybridized carbons (Fsp3) is 0.250. The number of anilines is 1. The summed E-state index contributed by atoms with van der Waals surface area (Å²) in [5.74, 6) is -1.04. The van der Waals surface area contributed by atoms with E-state index in [4.69, 9.17) is 5.73 Å². The molecule has 1 unspecified atom stereocenters. The third-order valence-corrected chi connectivity index (χ3v) is 3.98. The van der Waals surface area contributed by atoms with Gasteiger partial charge in [-0.2, -0.15) is 0 Å². The van der Waals surface area contributed by atoms with Gasteiger partial charge in [0.1, 0.15) is 6.04 Å². The average Bonchev–Trinajstić information content (AvgIpc) is 2.68. The zero-order chi connectivity index (χ0) is 19.8. The number of carbonyl (C=O) groups excluding carboxylic acids is 3. The summed E-state index contributed by atoms with van der Waals surface area (Å²) in [7, 11) is 1.29. The molecule has 150 valence electrons. The number of methoxy groups -OCH3 is 1. The molecule has 2 amide bonds. The third-order valence-electron chi connectivity index (χ3n) is 3.98. The SMILES string of the molecule is COC(=O)CCNC(=O)c1ccc(NC(=O)C(N)c2ccc(C)cc2)cc1.Cl. The topological polar surface area (TPSA) is 111 Å². The summed E-state index contributed by atoms with van der Waals surface area (Å²) in [4.78, 5) is 35.3. The fourth-order valence-corrected chi connectivity index (χ4v) is 2.33. The van der Waals surface area contributed by atoms with E-state index in [1.54, 1.807) is 24.3 Å². The van der Waals surface area contributed by atoms with Crippen molar-refractivity contribution in [3.8, 4) is 0 Å². The molecule has 0 saturated heterocycles. The van der Waals surface area contributed by atoms with E-state index in [9.17, 15) is 14.4 Å². The molecule has 28 heavy (non-hydrogen) atoms. The largest absolute Gasteiger partial charge is 0.469 e. The summed E-state index contributed by atoms with van der Waals surface area (Å²) in [6.07, 6.45) is 0.104. The first kappa shape index (κ1) is 23.1. The molecule has 0 heterocycles. The summed E-state index contributed by atoms with van der Waals surface area (Å²) in [6, 6.07) is 13.1. The molecule has 0 spiro atoms. The van der Waals surface area contributed by atoms with Crippen LogP contribution >= 0.6 is 12.4 Å². The van der Waals surface area contributed by atoms with Crippen molar-refractivity contribution in [1.29, 1.82) is 0 Å². The molecule has 7 nitrogen and oxygen atoms in total. The molecule has 0 aliphatic rings. The maximum atomic E-state index is 12.3. The monoisotopic (exact) mass is 405 g/mol. The Morgan fingerprint density at radius 1 is 1.04 bits per heavy atom.